The lowest BCUT2D eigenvalue weighted by Crippen LogP contribution is -2.24. The highest BCUT2D eigenvalue weighted by molar-refractivity contribution is 6.32. The summed E-state index contributed by atoms with van der Waals surface area (Å²) in [7, 11) is 1.60. The summed E-state index contributed by atoms with van der Waals surface area (Å²) in [6.07, 6.45) is 0. The van der Waals surface area contributed by atoms with Gasteiger partial charge in [-0.15, -0.1) is 0 Å². The molecule has 6 heteroatoms. The van der Waals surface area contributed by atoms with E-state index in [-0.39, 0.29) is 0 Å². The molecular formula is C16H21ClN4O. The summed E-state index contributed by atoms with van der Waals surface area (Å²) in [5, 5.41) is 3.82. The van der Waals surface area contributed by atoms with Gasteiger partial charge >= 0.3 is 0 Å². The molecule has 0 unspecified atom stereocenters. The molecule has 0 aliphatic rings. The number of aromatic nitrogens is 2. The summed E-state index contributed by atoms with van der Waals surface area (Å²) in [5.41, 5.74) is 1.77. The lowest BCUT2D eigenvalue weighted by molar-refractivity contribution is 0.415. The summed E-state index contributed by atoms with van der Waals surface area (Å²) in [6, 6.07) is 7.45. The van der Waals surface area contributed by atoms with Gasteiger partial charge in [-0.2, -0.15) is 4.98 Å². The van der Waals surface area contributed by atoms with Crippen LogP contribution in [0.1, 0.15) is 19.5 Å². The Balaban J connectivity index is 2.27. The lowest BCUT2D eigenvalue weighted by atomic mass is 10.3. The van der Waals surface area contributed by atoms with Crippen molar-refractivity contribution in [3.63, 3.8) is 0 Å². The highest BCUT2D eigenvalue weighted by atomic mass is 35.5. The van der Waals surface area contributed by atoms with Crippen molar-refractivity contribution < 1.29 is 4.74 Å². The summed E-state index contributed by atoms with van der Waals surface area (Å²) >= 11 is 6.15. The van der Waals surface area contributed by atoms with Gasteiger partial charge in [0, 0.05) is 30.5 Å². The Morgan fingerprint density at radius 2 is 1.91 bits per heavy atom. The summed E-state index contributed by atoms with van der Waals surface area (Å²) in [6.45, 7) is 7.87. The number of anilines is 3. The fraction of sp³-hybridized carbons (Fsp3) is 0.375. The van der Waals surface area contributed by atoms with E-state index in [0.717, 1.165) is 36.2 Å². The number of hydrogen-bond donors (Lipinski definition) is 1. The minimum Gasteiger partial charge on any atom is -0.495 e. The van der Waals surface area contributed by atoms with E-state index in [4.69, 9.17) is 16.3 Å². The monoisotopic (exact) mass is 320 g/mol. The van der Waals surface area contributed by atoms with Crippen LogP contribution < -0.4 is 15.0 Å². The van der Waals surface area contributed by atoms with Crippen LogP contribution in [0.2, 0.25) is 5.02 Å². The van der Waals surface area contributed by atoms with Crippen LogP contribution in [0.5, 0.6) is 5.75 Å². The lowest BCUT2D eigenvalue weighted by Gasteiger charge is -2.19. The third kappa shape index (κ3) is 3.80. The van der Waals surface area contributed by atoms with Crippen LogP contribution in [0.25, 0.3) is 0 Å². The van der Waals surface area contributed by atoms with Crippen LogP contribution in [0.4, 0.5) is 17.5 Å². The predicted molar refractivity (Wildman–Crippen MR) is 91.6 cm³/mol. The molecule has 1 aromatic carbocycles. The first kappa shape index (κ1) is 16.4. The molecule has 0 saturated heterocycles. The second kappa shape index (κ2) is 7.31. The van der Waals surface area contributed by atoms with Gasteiger partial charge in [-0.05, 0) is 39.0 Å². The zero-order chi connectivity index (χ0) is 16.1. The third-order valence-electron chi connectivity index (χ3n) is 3.31. The Labute approximate surface area is 136 Å². The number of rotatable bonds is 6. The zero-order valence-corrected chi connectivity index (χ0v) is 14.1. The molecular weight excluding hydrogens is 300 g/mol. The molecule has 5 nitrogen and oxygen atoms in total. The smallest absolute Gasteiger partial charge is 0.227 e. The number of methoxy groups -OCH3 is 1. The van der Waals surface area contributed by atoms with Crippen LogP contribution in [-0.2, 0) is 0 Å². The molecule has 2 rings (SSSR count). The maximum atomic E-state index is 6.15. The number of benzene rings is 1. The van der Waals surface area contributed by atoms with Crippen LogP contribution >= 0.6 is 11.6 Å². The topological polar surface area (TPSA) is 50.3 Å². The first-order valence-electron chi connectivity index (χ1n) is 7.28. The number of nitrogens with zero attached hydrogens (tertiary/aromatic N) is 3. The molecule has 0 aliphatic heterocycles. The minimum absolute atomic E-state index is 0.558. The second-order valence-corrected chi connectivity index (χ2v) is 5.25. The van der Waals surface area contributed by atoms with Crippen molar-refractivity contribution in [2.24, 2.45) is 0 Å². The molecule has 0 atom stereocenters. The maximum Gasteiger partial charge on any atom is 0.227 e. The average molecular weight is 321 g/mol. The van der Waals surface area contributed by atoms with Gasteiger partial charge in [-0.1, -0.05) is 11.6 Å². The molecule has 0 amide bonds. The van der Waals surface area contributed by atoms with Gasteiger partial charge < -0.3 is 15.0 Å². The van der Waals surface area contributed by atoms with E-state index in [1.807, 2.05) is 31.2 Å². The third-order valence-corrected chi connectivity index (χ3v) is 3.61. The Kier molecular flexibility index (Phi) is 5.44. The molecule has 2 aromatic rings. The molecule has 1 heterocycles. The molecule has 0 saturated carbocycles. The Hall–Kier alpha value is -2.01. The van der Waals surface area contributed by atoms with Crippen molar-refractivity contribution in [1.82, 2.24) is 9.97 Å². The molecule has 0 bridgehead atoms. The zero-order valence-electron chi connectivity index (χ0n) is 13.4. The summed E-state index contributed by atoms with van der Waals surface area (Å²) in [5.74, 6) is 2.12. The van der Waals surface area contributed by atoms with Crippen molar-refractivity contribution in [3.8, 4) is 5.75 Å². The van der Waals surface area contributed by atoms with E-state index in [0.29, 0.717) is 10.8 Å². The average Bonchev–Trinajstić information content (AvgIpc) is 2.48. The molecule has 118 valence electrons. The number of ether oxygens (including phenoxy) is 1. The van der Waals surface area contributed by atoms with Crippen LogP contribution in [0.3, 0.4) is 0 Å². The Morgan fingerprint density at radius 1 is 1.18 bits per heavy atom. The summed E-state index contributed by atoms with van der Waals surface area (Å²) in [4.78, 5) is 11.2. The van der Waals surface area contributed by atoms with Crippen molar-refractivity contribution in [1.29, 1.82) is 0 Å². The van der Waals surface area contributed by atoms with Crippen molar-refractivity contribution in [3.05, 3.63) is 35.0 Å². The molecule has 0 aliphatic carbocycles. The first-order valence-corrected chi connectivity index (χ1v) is 7.66. The Morgan fingerprint density at radius 3 is 2.50 bits per heavy atom. The largest absolute Gasteiger partial charge is 0.495 e. The van der Waals surface area contributed by atoms with Gasteiger partial charge in [-0.25, -0.2) is 4.98 Å². The standard InChI is InChI=1S/C16H21ClN4O/c1-5-21(6-2)16-18-11(3)9-15(20-16)19-12-7-8-14(22-4)13(17)10-12/h7-10H,5-6H2,1-4H3,(H,18,19,20). The molecule has 1 N–H and O–H groups in total. The van der Waals surface area contributed by atoms with Gasteiger partial charge in [0.15, 0.2) is 0 Å². The quantitative estimate of drug-likeness (QED) is 0.870. The molecule has 22 heavy (non-hydrogen) atoms. The fourth-order valence-corrected chi connectivity index (χ4v) is 2.41. The van der Waals surface area contributed by atoms with Gasteiger partial charge in [-0.3, -0.25) is 0 Å². The van der Waals surface area contributed by atoms with Gasteiger partial charge in [0.25, 0.3) is 0 Å². The van der Waals surface area contributed by atoms with Crippen molar-refractivity contribution >= 4 is 29.1 Å². The highest BCUT2D eigenvalue weighted by Gasteiger charge is 2.09. The maximum absolute atomic E-state index is 6.15. The number of aryl methyl sites for hydroxylation is 1. The highest BCUT2D eigenvalue weighted by Crippen LogP contribution is 2.28. The number of nitrogens with one attached hydrogen (secondary N) is 1. The number of halogens is 1. The minimum atomic E-state index is 0.558. The van der Waals surface area contributed by atoms with E-state index in [1.165, 1.54) is 0 Å². The van der Waals surface area contributed by atoms with Gasteiger partial charge in [0.05, 0.1) is 12.1 Å². The SMILES string of the molecule is CCN(CC)c1nc(C)cc(Nc2ccc(OC)c(Cl)c2)n1. The van der Waals surface area contributed by atoms with E-state index < -0.39 is 0 Å². The fourth-order valence-electron chi connectivity index (χ4n) is 2.16. The van der Waals surface area contributed by atoms with Gasteiger partial charge in [0.1, 0.15) is 11.6 Å². The van der Waals surface area contributed by atoms with Crippen LogP contribution in [0, 0.1) is 6.92 Å². The van der Waals surface area contributed by atoms with E-state index >= 15 is 0 Å². The summed E-state index contributed by atoms with van der Waals surface area (Å²) < 4.78 is 5.16. The number of hydrogen-bond acceptors (Lipinski definition) is 5. The normalized spacial score (nSPS) is 10.4. The van der Waals surface area contributed by atoms with Crippen molar-refractivity contribution in [2.45, 2.75) is 20.8 Å². The van der Waals surface area contributed by atoms with E-state index in [2.05, 4.69) is 34.0 Å². The first-order chi connectivity index (χ1) is 10.6. The predicted octanol–water partition coefficient (Wildman–Crippen LogP) is 4.04. The molecule has 0 radical (unpaired) electrons. The van der Waals surface area contributed by atoms with Crippen molar-refractivity contribution in [2.75, 3.05) is 30.4 Å². The van der Waals surface area contributed by atoms with Crippen LogP contribution in [0.15, 0.2) is 24.3 Å². The van der Waals surface area contributed by atoms with Crippen LogP contribution in [-0.4, -0.2) is 30.2 Å². The molecule has 0 fully saturated rings. The molecule has 0 spiro atoms. The Bertz CT molecular complexity index is 644. The second-order valence-electron chi connectivity index (χ2n) is 4.84. The molecule has 1 aromatic heterocycles. The van der Waals surface area contributed by atoms with E-state index in [1.54, 1.807) is 7.11 Å². The van der Waals surface area contributed by atoms with Gasteiger partial charge in [0.2, 0.25) is 5.95 Å². The van der Waals surface area contributed by atoms with E-state index in [9.17, 15) is 0 Å².